The maximum atomic E-state index is 12.9. The van der Waals surface area contributed by atoms with Gasteiger partial charge in [-0.05, 0) is 116 Å². The normalized spacial score (nSPS) is 12.9. The minimum absolute atomic E-state index is 0.0833. The summed E-state index contributed by atoms with van der Waals surface area (Å²) in [7, 11) is 0. The first-order chi connectivity index (χ1) is 39.0. The second-order valence-corrected chi connectivity index (χ2v) is 21.6. The van der Waals surface area contributed by atoms with Crippen molar-refractivity contribution < 1.29 is 28.6 Å². The van der Waals surface area contributed by atoms with E-state index in [1.54, 1.807) is 0 Å². The van der Waals surface area contributed by atoms with Gasteiger partial charge >= 0.3 is 17.9 Å². The van der Waals surface area contributed by atoms with Crippen LogP contribution >= 0.6 is 0 Å². The summed E-state index contributed by atoms with van der Waals surface area (Å²) in [5, 5.41) is 0. The molecule has 1 unspecified atom stereocenters. The highest BCUT2D eigenvalue weighted by atomic mass is 16.6. The number of ether oxygens (including phenoxy) is 3. The largest absolute Gasteiger partial charge is 0.462 e. The lowest BCUT2D eigenvalue weighted by atomic mass is 10.1. The lowest BCUT2D eigenvalue weighted by Gasteiger charge is -2.18. The number of allylic oxidation sites excluding steroid dienone is 20. The molecule has 6 nitrogen and oxygen atoms in total. The third kappa shape index (κ3) is 64.5. The molecule has 0 N–H and O–H groups in total. The zero-order chi connectivity index (χ0) is 57.1. The number of carbonyl (C=O) groups is 3. The number of hydrogen-bond donors (Lipinski definition) is 0. The van der Waals surface area contributed by atoms with E-state index in [1.807, 2.05) is 0 Å². The lowest BCUT2D eigenvalue weighted by Crippen LogP contribution is -2.30. The third-order valence-electron chi connectivity index (χ3n) is 14.0. The molecule has 0 aliphatic carbocycles. The van der Waals surface area contributed by atoms with E-state index in [2.05, 4.69) is 142 Å². The van der Waals surface area contributed by atoms with Gasteiger partial charge in [-0.1, -0.05) is 290 Å². The van der Waals surface area contributed by atoms with Crippen molar-refractivity contribution in [2.45, 2.75) is 309 Å². The van der Waals surface area contributed by atoms with Crippen LogP contribution < -0.4 is 0 Å². The molecule has 0 heterocycles. The van der Waals surface area contributed by atoms with Gasteiger partial charge in [-0.15, -0.1) is 0 Å². The van der Waals surface area contributed by atoms with Gasteiger partial charge in [-0.25, -0.2) is 0 Å². The summed E-state index contributed by atoms with van der Waals surface area (Å²) in [6.45, 7) is 6.51. The first-order valence-electron chi connectivity index (χ1n) is 33.0. The van der Waals surface area contributed by atoms with Crippen LogP contribution in [0.25, 0.3) is 0 Å². The van der Waals surface area contributed by atoms with Gasteiger partial charge in [0.25, 0.3) is 0 Å². The van der Waals surface area contributed by atoms with Crippen molar-refractivity contribution in [1.29, 1.82) is 0 Å². The molecule has 1 atom stereocenters. The van der Waals surface area contributed by atoms with Gasteiger partial charge in [0.2, 0.25) is 0 Å². The zero-order valence-corrected chi connectivity index (χ0v) is 51.6. The maximum absolute atomic E-state index is 12.9. The van der Waals surface area contributed by atoms with Gasteiger partial charge in [0.15, 0.2) is 6.10 Å². The van der Waals surface area contributed by atoms with E-state index < -0.39 is 6.10 Å². The van der Waals surface area contributed by atoms with Crippen LogP contribution in [0.5, 0.6) is 0 Å². The van der Waals surface area contributed by atoms with E-state index in [1.165, 1.54) is 128 Å². The van der Waals surface area contributed by atoms with E-state index >= 15 is 0 Å². The fourth-order valence-corrected chi connectivity index (χ4v) is 9.02. The molecule has 79 heavy (non-hydrogen) atoms. The van der Waals surface area contributed by atoms with Gasteiger partial charge in [0.1, 0.15) is 13.2 Å². The summed E-state index contributed by atoms with van der Waals surface area (Å²) in [6, 6.07) is 0. The van der Waals surface area contributed by atoms with Gasteiger partial charge in [-0.3, -0.25) is 14.4 Å². The summed E-state index contributed by atoms with van der Waals surface area (Å²) in [5.41, 5.74) is 0. The second-order valence-electron chi connectivity index (χ2n) is 21.6. The molecule has 6 heteroatoms. The topological polar surface area (TPSA) is 78.9 Å². The molecule has 0 aromatic carbocycles. The highest BCUT2D eigenvalue weighted by Gasteiger charge is 2.19. The fourth-order valence-electron chi connectivity index (χ4n) is 9.02. The SMILES string of the molecule is CC/C=C\C/C=C\C/C=C\C/C=C\C/C=C\C/C=C\C/C=C\C/C=C\C/C=C\CCCCCCCCCC(=O)OCC(COC(=O)CCCCCCCCCCCC)OC(=O)CCCCCCC/C=C\CCCCCCCCC. The fraction of sp³-hybridized carbons (Fsp3) is 0.685. The Morgan fingerprint density at radius 1 is 0.266 bits per heavy atom. The standard InChI is InChI=1S/C73H122O6/c1-4-7-10-13-16-19-22-24-26-28-29-30-31-32-33-34-35-36-37-38-39-40-41-42-43-44-45-46-48-49-51-54-57-60-63-66-72(75)78-69-70(68-77-71(74)65-62-59-56-53-21-18-15-12-9-6-3)79-73(76)67-64-61-58-55-52-50-47-27-25-23-20-17-14-11-8-5-2/h7,10,16,19,24,26-27,29-30,32-33,35-36,38-39,41-42,44-45,47,70H,4-6,8-9,11-15,17-18,20-23,25,28,31,34,37,40,43,46,48-69H2,1-3H3/b10-7-,19-16-,26-24-,30-29-,33-32-,36-35-,39-38-,42-41-,45-44-,47-27-. The van der Waals surface area contributed by atoms with Crippen LogP contribution in [0.15, 0.2) is 122 Å². The van der Waals surface area contributed by atoms with Gasteiger partial charge < -0.3 is 14.2 Å². The third-order valence-corrected chi connectivity index (χ3v) is 14.0. The molecule has 0 aromatic heterocycles. The Hall–Kier alpha value is -4.19. The summed E-state index contributed by atoms with van der Waals surface area (Å²) in [4.78, 5) is 38.2. The summed E-state index contributed by atoms with van der Waals surface area (Å²) in [5.74, 6) is -0.899. The van der Waals surface area contributed by atoms with Crippen molar-refractivity contribution >= 4 is 17.9 Å². The van der Waals surface area contributed by atoms with Gasteiger partial charge in [-0.2, -0.15) is 0 Å². The molecule has 0 rings (SSSR count). The Morgan fingerprint density at radius 3 is 0.785 bits per heavy atom. The Balaban J connectivity index is 4.22. The molecule has 0 aliphatic heterocycles. The van der Waals surface area contributed by atoms with Crippen LogP contribution in [0, 0.1) is 0 Å². The summed E-state index contributed by atoms with van der Waals surface area (Å²) < 4.78 is 16.9. The van der Waals surface area contributed by atoms with Crippen molar-refractivity contribution in [3.05, 3.63) is 122 Å². The van der Waals surface area contributed by atoms with Crippen molar-refractivity contribution in [2.24, 2.45) is 0 Å². The van der Waals surface area contributed by atoms with Crippen molar-refractivity contribution in [3.63, 3.8) is 0 Å². The lowest BCUT2D eigenvalue weighted by molar-refractivity contribution is -0.167. The highest BCUT2D eigenvalue weighted by molar-refractivity contribution is 5.71. The number of esters is 3. The van der Waals surface area contributed by atoms with Crippen LogP contribution in [-0.4, -0.2) is 37.2 Å². The second kappa shape index (κ2) is 66.3. The van der Waals surface area contributed by atoms with Crippen LogP contribution in [0.1, 0.15) is 303 Å². The monoisotopic (exact) mass is 1090 g/mol. The summed E-state index contributed by atoms with van der Waals surface area (Å²) >= 11 is 0. The molecule has 0 aromatic rings. The first kappa shape index (κ1) is 74.8. The van der Waals surface area contributed by atoms with Crippen LogP contribution in [-0.2, 0) is 28.6 Å². The number of hydrogen-bond acceptors (Lipinski definition) is 6. The number of unbranched alkanes of at least 4 members (excludes halogenated alkanes) is 28. The van der Waals surface area contributed by atoms with Crippen molar-refractivity contribution in [3.8, 4) is 0 Å². The van der Waals surface area contributed by atoms with Crippen LogP contribution in [0.3, 0.4) is 0 Å². The highest BCUT2D eigenvalue weighted by Crippen LogP contribution is 2.15. The Kier molecular flexibility index (Phi) is 62.8. The molecule has 0 fully saturated rings. The van der Waals surface area contributed by atoms with E-state index in [0.29, 0.717) is 19.3 Å². The van der Waals surface area contributed by atoms with E-state index in [0.717, 1.165) is 135 Å². The Labute approximate surface area is 488 Å². The predicted molar refractivity (Wildman–Crippen MR) is 343 cm³/mol. The molecular formula is C73H122O6. The molecule has 0 saturated carbocycles. The smallest absolute Gasteiger partial charge is 0.306 e. The van der Waals surface area contributed by atoms with Crippen molar-refractivity contribution in [2.75, 3.05) is 13.2 Å². The van der Waals surface area contributed by atoms with Crippen molar-refractivity contribution in [1.82, 2.24) is 0 Å². The van der Waals surface area contributed by atoms with E-state index in [9.17, 15) is 14.4 Å². The first-order valence-corrected chi connectivity index (χ1v) is 33.0. The summed E-state index contributed by atoms with van der Waals surface area (Å²) in [6.07, 6.45) is 92.2. The van der Waals surface area contributed by atoms with Crippen LogP contribution in [0.4, 0.5) is 0 Å². The minimum atomic E-state index is -0.787. The number of rotatable bonds is 59. The van der Waals surface area contributed by atoms with E-state index in [-0.39, 0.29) is 31.1 Å². The van der Waals surface area contributed by atoms with Gasteiger partial charge in [0, 0.05) is 19.3 Å². The molecule has 0 bridgehead atoms. The Bertz CT molecular complexity index is 1640. The molecule has 0 amide bonds. The van der Waals surface area contributed by atoms with Crippen LogP contribution in [0.2, 0.25) is 0 Å². The predicted octanol–water partition coefficient (Wildman–Crippen LogP) is 22.8. The molecule has 0 spiro atoms. The van der Waals surface area contributed by atoms with Gasteiger partial charge in [0.05, 0.1) is 0 Å². The molecule has 0 saturated heterocycles. The molecule has 0 radical (unpaired) electrons. The average Bonchev–Trinajstić information content (AvgIpc) is 3.45. The maximum Gasteiger partial charge on any atom is 0.306 e. The number of carbonyl (C=O) groups excluding carboxylic acids is 3. The average molecular weight is 1100 g/mol. The van der Waals surface area contributed by atoms with E-state index in [4.69, 9.17) is 14.2 Å². The molecule has 450 valence electrons. The molecular weight excluding hydrogens is 973 g/mol. The minimum Gasteiger partial charge on any atom is -0.462 e. The Morgan fingerprint density at radius 2 is 0.494 bits per heavy atom. The quantitative estimate of drug-likeness (QED) is 0.0261. The zero-order valence-electron chi connectivity index (χ0n) is 51.6. The molecule has 0 aliphatic rings.